The van der Waals surface area contributed by atoms with E-state index in [4.69, 9.17) is 9.84 Å². The number of carboxylic acids is 1. The molecule has 0 aromatic rings. The first-order valence-corrected chi connectivity index (χ1v) is 8.26. The summed E-state index contributed by atoms with van der Waals surface area (Å²) in [6.07, 6.45) is 0.404. The first kappa shape index (κ1) is 19.3. The number of hydrogen-bond acceptors (Lipinski definition) is 4. The predicted octanol–water partition coefficient (Wildman–Crippen LogP) is 2.65. The van der Waals surface area contributed by atoms with Gasteiger partial charge < -0.3 is 9.84 Å². The second-order valence-electron chi connectivity index (χ2n) is 6.38. The Kier molecular flexibility index (Phi) is 5.97. The van der Waals surface area contributed by atoms with Gasteiger partial charge in [-0.1, -0.05) is 0 Å². The van der Waals surface area contributed by atoms with E-state index in [-0.39, 0.29) is 22.1 Å². The number of amides is 2. The third-order valence-electron chi connectivity index (χ3n) is 3.40. The van der Waals surface area contributed by atoms with E-state index in [1.807, 2.05) is 0 Å². The Morgan fingerprint density at radius 3 is 2.00 bits per heavy atom. The van der Waals surface area contributed by atoms with Crippen molar-refractivity contribution in [1.29, 1.82) is 0 Å². The van der Waals surface area contributed by atoms with Crippen molar-refractivity contribution in [3.8, 4) is 0 Å². The molecule has 0 atom stereocenters. The van der Waals surface area contributed by atoms with Crippen molar-refractivity contribution < 1.29 is 24.2 Å². The van der Waals surface area contributed by atoms with E-state index in [1.54, 1.807) is 27.7 Å². The molecule has 0 fully saturated rings. The van der Waals surface area contributed by atoms with Gasteiger partial charge in [-0.05, 0) is 66.0 Å². The molecule has 0 spiro atoms. The first-order chi connectivity index (χ1) is 9.89. The third kappa shape index (κ3) is 4.39. The maximum absolute atomic E-state index is 11.9. The molecule has 8 heteroatoms. The fraction of sp³-hybridized carbons (Fsp3) is 0.643. The summed E-state index contributed by atoms with van der Waals surface area (Å²) in [5.74, 6) is -1.72. The molecule has 0 unspecified atom stereocenters. The van der Waals surface area contributed by atoms with Crippen LogP contribution in [-0.2, 0) is 19.1 Å². The first-order valence-electron chi connectivity index (χ1n) is 6.68. The molecule has 1 N–H and O–H groups in total. The van der Waals surface area contributed by atoms with Gasteiger partial charge in [0, 0.05) is 6.54 Å². The van der Waals surface area contributed by atoms with Gasteiger partial charge >= 0.3 is 5.97 Å². The minimum absolute atomic E-state index is 0.0445. The summed E-state index contributed by atoms with van der Waals surface area (Å²) >= 11 is 6.13. The summed E-state index contributed by atoms with van der Waals surface area (Å²) < 4.78 is 6.10. The second-order valence-corrected chi connectivity index (χ2v) is 7.96. The fourth-order valence-electron chi connectivity index (χ4n) is 1.61. The minimum Gasteiger partial charge on any atom is -0.481 e. The van der Waals surface area contributed by atoms with Gasteiger partial charge in [0.05, 0.1) is 17.6 Å². The average Bonchev–Trinajstić information content (AvgIpc) is 2.59. The van der Waals surface area contributed by atoms with Gasteiger partial charge in [0.25, 0.3) is 11.8 Å². The third-order valence-corrected chi connectivity index (χ3v) is 5.40. The van der Waals surface area contributed by atoms with E-state index in [0.29, 0.717) is 6.42 Å². The number of carboxylic acid groups (broad SMARTS) is 1. The predicted molar refractivity (Wildman–Crippen MR) is 87.7 cm³/mol. The van der Waals surface area contributed by atoms with Crippen LogP contribution in [0.5, 0.6) is 0 Å². The molecule has 0 saturated heterocycles. The molecule has 0 aromatic heterocycles. The standard InChI is InChI=1S/C14H19Br2NO5/c1-13(2,12(20)21)7-22-14(3,4)5-6-17-10(18)8(15)9(16)11(17)19/h5-7H2,1-4H3,(H,20,21). The summed E-state index contributed by atoms with van der Waals surface area (Å²) in [6, 6.07) is 0. The smallest absolute Gasteiger partial charge is 0.311 e. The Morgan fingerprint density at radius 2 is 1.59 bits per heavy atom. The molecule has 22 heavy (non-hydrogen) atoms. The minimum atomic E-state index is -0.996. The maximum atomic E-state index is 11.9. The highest BCUT2D eigenvalue weighted by Crippen LogP contribution is 2.30. The van der Waals surface area contributed by atoms with Crippen LogP contribution < -0.4 is 0 Å². The Labute approximate surface area is 146 Å². The number of nitrogens with zero attached hydrogens (tertiary/aromatic N) is 1. The van der Waals surface area contributed by atoms with Gasteiger partial charge in [-0.3, -0.25) is 19.3 Å². The Balaban J connectivity index is 2.59. The molecule has 1 aliphatic rings. The number of carbonyl (C=O) groups excluding carboxylic acids is 2. The number of carbonyl (C=O) groups is 3. The average molecular weight is 441 g/mol. The number of rotatable bonds is 7. The number of imide groups is 1. The molecule has 0 aromatic carbocycles. The van der Waals surface area contributed by atoms with E-state index in [9.17, 15) is 14.4 Å². The van der Waals surface area contributed by atoms with E-state index in [2.05, 4.69) is 31.9 Å². The van der Waals surface area contributed by atoms with Crippen LogP contribution in [0.1, 0.15) is 34.1 Å². The molecule has 0 aliphatic carbocycles. The monoisotopic (exact) mass is 439 g/mol. The summed E-state index contributed by atoms with van der Waals surface area (Å²) in [7, 11) is 0. The van der Waals surface area contributed by atoms with Crippen LogP contribution in [0.2, 0.25) is 0 Å². The maximum Gasteiger partial charge on any atom is 0.311 e. The summed E-state index contributed by atoms with van der Waals surface area (Å²) in [5, 5.41) is 9.07. The quantitative estimate of drug-likeness (QED) is 0.615. The molecular weight excluding hydrogens is 422 g/mol. The van der Waals surface area contributed by atoms with Gasteiger partial charge in [0.2, 0.25) is 0 Å². The lowest BCUT2D eigenvalue weighted by Gasteiger charge is -2.31. The van der Waals surface area contributed by atoms with Crippen LogP contribution in [0.4, 0.5) is 0 Å². The lowest BCUT2D eigenvalue weighted by molar-refractivity contribution is -0.154. The van der Waals surface area contributed by atoms with Gasteiger partial charge in [0.15, 0.2) is 0 Å². The summed E-state index contributed by atoms with van der Waals surface area (Å²) in [5.41, 5.74) is -1.65. The van der Waals surface area contributed by atoms with Crippen molar-refractivity contribution in [3.05, 3.63) is 8.96 Å². The number of aliphatic carboxylic acids is 1. The zero-order valence-electron chi connectivity index (χ0n) is 12.9. The second kappa shape index (κ2) is 6.80. The molecule has 1 heterocycles. The Bertz CT molecular complexity index is 515. The van der Waals surface area contributed by atoms with Crippen molar-refractivity contribution in [3.63, 3.8) is 0 Å². The van der Waals surface area contributed by atoms with E-state index >= 15 is 0 Å². The van der Waals surface area contributed by atoms with Crippen molar-refractivity contribution in [2.45, 2.75) is 39.7 Å². The molecular formula is C14H19Br2NO5. The highest BCUT2D eigenvalue weighted by Gasteiger charge is 2.37. The topological polar surface area (TPSA) is 83.9 Å². The molecule has 1 rings (SSSR count). The largest absolute Gasteiger partial charge is 0.481 e. The Hall–Kier alpha value is -0.730. The van der Waals surface area contributed by atoms with Crippen molar-refractivity contribution in [2.75, 3.05) is 13.2 Å². The number of hydrogen-bond donors (Lipinski definition) is 1. The van der Waals surface area contributed by atoms with Crippen LogP contribution in [-0.4, -0.2) is 46.5 Å². The van der Waals surface area contributed by atoms with Gasteiger partial charge in [0.1, 0.15) is 8.96 Å². The lowest BCUT2D eigenvalue weighted by atomic mass is 9.94. The summed E-state index contributed by atoms with van der Waals surface area (Å²) in [6.45, 7) is 7.00. The SMILES string of the molecule is CC(C)(CCN1C(=O)C(Br)=C(Br)C1=O)OCC(C)(C)C(=O)O. The van der Waals surface area contributed by atoms with Crippen LogP contribution in [0.25, 0.3) is 0 Å². The fourth-order valence-corrected chi connectivity index (χ4v) is 2.38. The molecule has 124 valence electrons. The van der Waals surface area contributed by atoms with Crippen molar-refractivity contribution in [2.24, 2.45) is 5.41 Å². The zero-order valence-corrected chi connectivity index (χ0v) is 16.1. The molecule has 6 nitrogen and oxygen atoms in total. The van der Waals surface area contributed by atoms with Gasteiger partial charge in [-0.15, -0.1) is 0 Å². The lowest BCUT2D eigenvalue weighted by Crippen LogP contribution is -2.39. The van der Waals surface area contributed by atoms with Crippen molar-refractivity contribution in [1.82, 2.24) is 4.90 Å². The Morgan fingerprint density at radius 1 is 1.14 bits per heavy atom. The van der Waals surface area contributed by atoms with E-state index in [1.165, 1.54) is 0 Å². The zero-order chi connectivity index (χ0) is 17.3. The highest BCUT2D eigenvalue weighted by molar-refractivity contribution is 9.14. The number of ether oxygens (including phenoxy) is 1. The van der Waals surface area contributed by atoms with Crippen LogP contribution in [0.3, 0.4) is 0 Å². The van der Waals surface area contributed by atoms with Gasteiger partial charge in [-0.2, -0.15) is 0 Å². The van der Waals surface area contributed by atoms with Crippen LogP contribution in [0.15, 0.2) is 8.96 Å². The molecule has 0 bridgehead atoms. The number of halogens is 2. The highest BCUT2D eigenvalue weighted by atomic mass is 79.9. The molecule has 0 radical (unpaired) electrons. The van der Waals surface area contributed by atoms with Crippen molar-refractivity contribution >= 4 is 49.6 Å². The van der Waals surface area contributed by atoms with Crippen LogP contribution >= 0.6 is 31.9 Å². The van der Waals surface area contributed by atoms with E-state index in [0.717, 1.165) is 4.90 Å². The molecule has 1 aliphatic heterocycles. The summed E-state index contributed by atoms with van der Waals surface area (Å²) in [4.78, 5) is 36.0. The van der Waals surface area contributed by atoms with Gasteiger partial charge in [-0.25, -0.2) is 0 Å². The van der Waals surface area contributed by atoms with E-state index < -0.39 is 28.8 Å². The van der Waals surface area contributed by atoms with Crippen LogP contribution in [0, 0.1) is 5.41 Å². The molecule has 2 amide bonds. The normalized spacial score (nSPS) is 16.7. The molecule has 0 saturated carbocycles.